The van der Waals surface area contributed by atoms with Crippen molar-refractivity contribution in [2.45, 2.75) is 31.7 Å². The Balaban J connectivity index is 1.86. The van der Waals surface area contributed by atoms with Gasteiger partial charge in [-0.05, 0) is 58.5 Å². The van der Waals surface area contributed by atoms with E-state index in [1.54, 1.807) is 0 Å². The summed E-state index contributed by atoms with van der Waals surface area (Å²) in [5.74, 6) is -0.299. The van der Waals surface area contributed by atoms with Crippen molar-refractivity contribution in [1.29, 1.82) is 0 Å². The summed E-state index contributed by atoms with van der Waals surface area (Å²) in [5, 5.41) is 3.60. The summed E-state index contributed by atoms with van der Waals surface area (Å²) in [6.07, 6.45) is 3.74. The van der Waals surface area contributed by atoms with Crippen molar-refractivity contribution >= 4 is 38.9 Å². The minimum absolute atomic E-state index is 0.274. The number of nitrogens with two attached hydrogens (primary N) is 1. The molecule has 0 bridgehead atoms. The molecule has 1 aromatic heterocycles. The highest BCUT2D eigenvalue weighted by atomic mass is 79.9. The van der Waals surface area contributed by atoms with Crippen LogP contribution in [-0.2, 0) is 17.6 Å². The van der Waals surface area contributed by atoms with E-state index in [4.69, 9.17) is 5.73 Å². The molecule has 110 valence electrons. The molecule has 0 saturated heterocycles. The Morgan fingerprint density at radius 2 is 2.24 bits per heavy atom. The van der Waals surface area contributed by atoms with Crippen LogP contribution in [0.2, 0.25) is 0 Å². The van der Waals surface area contributed by atoms with Crippen molar-refractivity contribution in [3.05, 3.63) is 50.1 Å². The molecule has 1 aliphatic carbocycles. The van der Waals surface area contributed by atoms with Crippen molar-refractivity contribution in [2.24, 2.45) is 5.73 Å². The molecule has 0 spiro atoms. The minimum atomic E-state index is -0.299. The van der Waals surface area contributed by atoms with Gasteiger partial charge in [-0.2, -0.15) is 0 Å². The smallest absolute Gasteiger partial charge is 0.221 e. The monoisotopic (exact) mass is 364 g/mol. The highest BCUT2D eigenvalue weighted by Gasteiger charge is 2.23. The summed E-state index contributed by atoms with van der Waals surface area (Å²) in [7, 11) is 0. The van der Waals surface area contributed by atoms with Crippen LogP contribution in [-0.4, -0.2) is 5.91 Å². The van der Waals surface area contributed by atoms with Gasteiger partial charge in [0.15, 0.2) is 0 Å². The van der Waals surface area contributed by atoms with Crippen LogP contribution in [0.3, 0.4) is 0 Å². The second kappa shape index (κ2) is 6.20. The molecule has 0 saturated carbocycles. The SMILES string of the molecule is NC(=O)Cc1ccccc1NC1CCCc2sc(Br)cc21. The summed E-state index contributed by atoms with van der Waals surface area (Å²) in [6.45, 7) is 0. The molecular formula is C16H17BrN2OS. The number of nitrogens with one attached hydrogen (secondary N) is 1. The Kier molecular flexibility index (Phi) is 4.31. The Hall–Kier alpha value is -1.33. The van der Waals surface area contributed by atoms with E-state index in [0.717, 1.165) is 24.1 Å². The van der Waals surface area contributed by atoms with Crippen LogP contribution in [0.5, 0.6) is 0 Å². The van der Waals surface area contributed by atoms with Gasteiger partial charge in [0.2, 0.25) is 5.91 Å². The standard InChI is InChI=1S/C16H17BrN2OS/c17-15-9-11-13(6-3-7-14(11)21-15)19-12-5-2-1-4-10(12)8-16(18)20/h1-2,4-5,9,13,19H,3,6-8H2,(H2,18,20). The van der Waals surface area contributed by atoms with Crippen molar-refractivity contribution in [3.8, 4) is 0 Å². The lowest BCUT2D eigenvalue weighted by atomic mass is 9.93. The van der Waals surface area contributed by atoms with E-state index in [-0.39, 0.29) is 12.3 Å². The van der Waals surface area contributed by atoms with Crippen LogP contribution in [0.4, 0.5) is 5.69 Å². The van der Waals surface area contributed by atoms with E-state index >= 15 is 0 Å². The third-order valence-electron chi connectivity index (χ3n) is 3.80. The molecule has 1 amide bonds. The van der Waals surface area contributed by atoms with Gasteiger partial charge in [-0.15, -0.1) is 11.3 Å². The summed E-state index contributed by atoms with van der Waals surface area (Å²) in [6, 6.07) is 10.4. The number of anilines is 1. The van der Waals surface area contributed by atoms with Gasteiger partial charge in [-0.1, -0.05) is 18.2 Å². The number of aryl methyl sites for hydroxylation is 1. The van der Waals surface area contributed by atoms with Crippen molar-refractivity contribution in [1.82, 2.24) is 0 Å². The lowest BCUT2D eigenvalue weighted by Crippen LogP contribution is -2.18. The quantitative estimate of drug-likeness (QED) is 0.860. The van der Waals surface area contributed by atoms with E-state index in [1.807, 2.05) is 35.6 Å². The fourth-order valence-electron chi connectivity index (χ4n) is 2.86. The Bertz CT molecular complexity index is 668. The molecule has 2 aromatic rings. The normalized spacial score (nSPS) is 17.3. The van der Waals surface area contributed by atoms with Gasteiger partial charge in [0.05, 0.1) is 16.2 Å². The Morgan fingerprint density at radius 1 is 1.43 bits per heavy atom. The number of carbonyl (C=O) groups is 1. The second-order valence-corrected chi connectivity index (χ2v) is 7.83. The number of hydrogen-bond acceptors (Lipinski definition) is 3. The minimum Gasteiger partial charge on any atom is -0.378 e. The summed E-state index contributed by atoms with van der Waals surface area (Å²) in [4.78, 5) is 12.7. The molecule has 21 heavy (non-hydrogen) atoms. The number of hydrogen-bond donors (Lipinski definition) is 2. The number of halogens is 1. The van der Waals surface area contributed by atoms with Crippen LogP contribution in [0.25, 0.3) is 0 Å². The number of benzene rings is 1. The lowest BCUT2D eigenvalue weighted by molar-refractivity contribution is -0.117. The molecule has 3 N–H and O–H groups in total. The van der Waals surface area contributed by atoms with E-state index in [9.17, 15) is 4.79 Å². The average molecular weight is 365 g/mol. The van der Waals surface area contributed by atoms with Gasteiger partial charge in [0.1, 0.15) is 0 Å². The van der Waals surface area contributed by atoms with Gasteiger partial charge in [-0.25, -0.2) is 0 Å². The zero-order valence-electron chi connectivity index (χ0n) is 11.6. The predicted molar refractivity (Wildman–Crippen MR) is 90.7 cm³/mol. The zero-order chi connectivity index (χ0) is 14.8. The molecule has 1 aliphatic rings. The number of rotatable bonds is 4. The first kappa shape index (κ1) is 14.6. The molecule has 1 atom stereocenters. The van der Waals surface area contributed by atoms with Crippen LogP contribution in [0.1, 0.15) is 34.9 Å². The number of primary amides is 1. The first-order valence-corrected chi connectivity index (χ1v) is 8.65. The summed E-state index contributed by atoms with van der Waals surface area (Å²) in [5.41, 5.74) is 8.69. The predicted octanol–water partition coefficient (Wildman–Crippen LogP) is 4.03. The van der Waals surface area contributed by atoms with Gasteiger partial charge >= 0.3 is 0 Å². The van der Waals surface area contributed by atoms with Crippen LogP contribution >= 0.6 is 27.3 Å². The van der Waals surface area contributed by atoms with E-state index in [1.165, 1.54) is 20.6 Å². The second-order valence-electron chi connectivity index (χ2n) is 5.32. The Morgan fingerprint density at radius 3 is 3.05 bits per heavy atom. The van der Waals surface area contributed by atoms with Crippen molar-refractivity contribution in [2.75, 3.05) is 5.32 Å². The van der Waals surface area contributed by atoms with Gasteiger partial charge in [0, 0.05) is 10.6 Å². The van der Waals surface area contributed by atoms with Crippen LogP contribution in [0, 0.1) is 0 Å². The lowest BCUT2D eigenvalue weighted by Gasteiger charge is -2.25. The number of fused-ring (bicyclic) bond motifs is 1. The van der Waals surface area contributed by atoms with E-state index in [0.29, 0.717) is 6.04 Å². The number of carbonyl (C=O) groups excluding carboxylic acids is 1. The number of para-hydroxylation sites is 1. The fraction of sp³-hybridized carbons (Fsp3) is 0.312. The highest BCUT2D eigenvalue weighted by Crippen LogP contribution is 2.39. The third-order valence-corrected chi connectivity index (χ3v) is 5.51. The molecule has 5 heteroatoms. The zero-order valence-corrected chi connectivity index (χ0v) is 14.0. The fourth-order valence-corrected chi connectivity index (χ4v) is 4.68. The van der Waals surface area contributed by atoms with Gasteiger partial charge < -0.3 is 11.1 Å². The molecule has 3 nitrogen and oxygen atoms in total. The van der Waals surface area contributed by atoms with Crippen molar-refractivity contribution in [3.63, 3.8) is 0 Å². The van der Waals surface area contributed by atoms with Crippen LogP contribution < -0.4 is 11.1 Å². The molecular weight excluding hydrogens is 348 g/mol. The third kappa shape index (κ3) is 3.30. The number of thiophene rings is 1. The Labute approximate surface area is 136 Å². The molecule has 0 fully saturated rings. The first-order valence-electron chi connectivity index (χ1n) is 7.04. The maximum atomic E-state index is 11.2. The van der Waals surface area contributed by atoms with E-state index < -0.39 is 0 Å². The maximum Gasteiger partial charge on any atom is 0.221 e. The largest absolute Gasteiger partial charge is 0.378 e. The molecule has 1 unspecified atom stereocenters. The first-order chi connectivity index (χ1) is 10.1. The highest BCUT2D eigenvalue weighted by molar-refractivity contribution is 9.11. The van der Waals surface area contributed by atoms with Gasteiger partial charge in [0.25, 0.3) is 0 Å². The molecule has 1 heterocycles. The summed E-state index contributed by atoms with van der Waals surface area (Å²) >= 11 is 5.40. The topological polar surface area (TPSA) is 55.1 Å². The molecule has 1 aromatic carbocycles. The number of amides is 1. The summed E-state index contributed by atoms with van der Waals surface area (Å²) < 4.78 is 1.19. The maximum absolute atomic E-state index is 11.2. The average Bonchev–Trinajstić information content (AvgIpc) is 2.82. The van der Waals surface area contributed by atoms with Crippen molar-refractivity contribution < 1.29 is 4.79 Å². The molecule has 3 rings (SSSR count). The molecule has 0 radical (unpaired) electrons. The van der Waals surface area contributed by atoms with Gasteiger partial charge in [-0.3, -0.25) is 4.79 Å². The van der Waals surface area contributed by atoms with Crippen LogP contribution in [0.15, 0.2) is 34.1 Å². The molecule has 0 aliphatic heterocycles. The van der Waals surface area contributed by atoms with E-state index in [2.05, 4.69) is 27.3 Å².